The van der Waals surface area contributed by atoms with E-state index in [4.69, 9.17) is 15.2 Å². The molecule has 18 heavy (non-hydrogen) atoms. The van der Waals surface area contributed by atoms with E-state index in [1.165, 1.54) is 6.42 Å². The molecule has 1 fully saturated rings. The average molecular weight is 248 g/mol. The molecule has 5 nitrogen and oxygen atoms in total. The van der Waals surface area contributed by atoms with Crippen LogP contribution in [-0.2, 0) is 0 Å². The van der Waals surface area contributed by atoms with Gasteiger partial charge in [0.1, 0.15) is 0 Å². The number of nitrogen functional groups attached to an aromatic ring is 1. The van der Waals surface area contributed by atoms with Crippen LogP contribution in [0.2, 0.25) is 0 Å². The summed E-state index contributed by atoms with van der Waals surface area (Å²) < 4.78 is 10.4. The number of rotatable bonds is 3. The van der Waals surface area contributed by atoms with E-state index in [0.29, 0.717) is 35.2 Å². The molecule has 1 saturated carbocycles. The van der Waals surface area contributed by atoms with Gasteiger partial charge in [-0.3, -0.25) is 4.79 Å². The van der Waals surface area contributed by atoms with E-state index in [1.807, 2.05) is 0 Å². The molecular formula is C13H16N2O3. The van der Waals surface area contributed by atoms with Crippen LogP contribution in [0.5, 0.6) is 11.5 Å². The fourth-order valence-corrected chi connectivity index (χ4v) is 2.16. The topological polar surface area (TPSA) is 73.6 Å². The lowest BCUT2D eigenvalue weighted by Gasteiger charge is -2.08. The van der Waals surface area contributed by atoms with Gasteiger partial charge in [-0.1, -0.05) is 6.92 Å². The molecule has 1 aromatic carbocycles. The summed E-state index contributed by atoms with van der Waals surface area (Å²) in [5.41, 5.74) is 6.72. The number of carbonyl (C=O) groups excluding carboxylic acids is 1. The SMILES string of the molecule is CC1CC1CNC(=O)c1cc2c(cc1N)OCO2. The molecule has 3 rings (SSSR count). The Bertz CT molecular complexity index is 501. The van der Waals surface area contributed by atoms with Crippen molar-refractivity contribution < 1.29 is 14.3 Å². The van der Waals surface area contributed by atoms with Crippen molar-refractivity contribution in [3.63, 3.8) is 0 Å². The normalized spacial score (nSPS) is 23.8. The number of nitrogens with two attached hydrogens (primary N) is 1. The first kappa shape index (κ1) is 11.2. The third-order valence-corrected chi connectivity index (χ3v) is 3.59. The van der Waals surface area contributed by atoms with Crippen molar-refractivity contribution in [1.29, 1.82) is 0 Å². The zero-order valence-electron chi connectivity index (χ0n) is 10.2. The Morgan fingerprint density at radius 2 is 2.11 bits per heavy atom. The van der Waals surface area contributed by atoms with E-state index < -0.39 is 0 Å². The molecule has 1 amide bonds. The molecule has 1 aliphatic heterocycles. The lowest BCUT2D eigenvalue weighted by molar-refractivity contribution is 0.0952. The van der Waals surface area contributed by atoms with Gasteiger partial charge in [0, 0.05) is 18.3 Å². The van der Waals surface area contributed by atoms with Crippen molar-refractivity contribution in [2.24, 2.45) is 11.8 Å². The maximum Gasteiger partial charge on any atom is 0.253 e. The van der Waals surface area contributed by atoms with Crippen LogP contribution in [0.15, 0.2) is 12.1 Å². The highest BCUT2D eigenvalue weighted by Crippen LogP contribution is 2.37. The molecular weight excluding hydrogens is 232 g/mol. The smallest absolute Gasteiger partial charge is 0.253 e. The van der Waals surface area contributed by atoms with Crippen LogP contribution >= 0.6 is 0 Å². The number of nitrogens with one attached hydrogen (secondary N) is 1. The minimum Gasteiger partial charge on any atom is -0.454 e. The highest BCUT2D eigenvalue weighted by atomic mass is 16.7. The lowest BCUT2D eigenvalue weighted by Crippen LogP contribution is -2.26. The summed E-state index contributed by atoms with van der Waals surface area (Å²) in [7, 11) is 0. The Hall–Kier alpha value is -1.91. The van der Waals surface area contributed by atoms with E-state index in [9.17, 15) is 4.79 Å². The molecule has 0 saturated heterocycles. The second-order valence-electron chi connectivity index (χ2n) is 4.98. The number of benzene rings is 1. The van der Waals surface area contributed by atoms with Crippen LogP contribution in [-0.4, -0.2) is 19.2 Å². The molecule has 96 valence electrons. The van der Waals surface area contributed by atoms with Crippen molar-refractivity contribution >= 4 is 11.6 Å². The molecule has 2 unspecified atom stereocenters. The highest BCUT2D eigenvalue weighted by Gasteiger charge is 2.32. The highest BCUT2D eigenvalue weighted by molar-refractivity contribution is 6.00. The molecule has 1 aromatic rings. The molecule has 2 atom stereocenters. The van der Waals surface area contributed by atoms with Gasteiger partial charge in [0.15, 0.2) is 11.5 Å². The Morgan fingerprint density at radius 3 is 2.78 bits per heavy atom. The summed E-state index contributed by atoms with van der Waals surface area (Å²) in [5.74, 6) is 2.36. The van der Waals surface area contributed by atoms with Crippen molar-refractivity contribution in [3.8, 4) is 11.5 Å². The second kappa shape index (κ2) is 4.08. The summed E-state index contributed by atoms with van der Waals surface area (Å²) in [6, 6.07) is 3.28. The molecule has 0 radical (unpaired) electrons. The molecule has 2 aliphatic rings. The van der Waals surface area contributed by atoms with Gasteiger partial charge in [-0.25, -0.2) is 0 Å². The number of ether oxygens (including phenoxy) is 2. The van der Waals surface area contributed by atoms with Crippen LogP contribution in [0.1, 0.15) is 23.7 Å². The Balaban J connectivity index is 1.72. The summed E-state index contributed by atoms with van der Waals surface area (Å²) in [4.78, 5) is 12.0. The van der Waals surface area contributed by atoms with E-state index in [1.54, 1.807) is 12.1 Å². The largest absolute Gasteiger partial charge is 0.454 e. The monoisotopic (exact) mass is 248 g/mol. The van der Waals surface area contributed by atoms with Gasteiger partial charge >= 0.3 is 0 Å². The third-order valence-electron chi connectivity index (χ3n) is 3.59. The summed E-state index contributed by atoms with van der Waals surface area (Å²) in [6.45, 7) is 3.08. The number of fused-ring (bicyclic) bond motifs is 1. The van der Waals surface area contributed by atoms with Gasteiger partial charge in [-0.2, -0.15) is 0 Å². The molecule has 1 heterocycles. The standard InChI is InChI=1S/C13H16N2O3/c1-7-2-8(7)5-15-13(16)9-3-11-12(4-10(9)14)18-6-17-11/h3-4,7-8H,2,5-6,14H2,1H3,(H,15,16). The van der Waals surface area contributed by atoms with E-state index in [2.05, 4.69) is 12.2 Å². The van der Waals surface area contributed by atoms with Crippen molar-refractivity contribution in [3.05, 3.63) is 17.7 Å². The molecule has 0 spiro atoms. The van der Waals surface area contributed by atoms with Gasteiger partial charge in [-0.05, 0) is 24.3 Å². The van der Waals surface area contributed by atoms with E-state index >= 15 is 0 Å². The van der Waals surface area contributed by atoms with Crippen LogP contribution in [0, 0.1) is 11.8 Å². The molecule has 0 aromatic heterocycles. The van der Waals surface area contributed by atoms with Crippen LogP contribution in [0.3, 0.4) is 0 Å². The van der Waals surface area contributed by atoms with Gasteiger partial charge in [0.2, 0.25) is 6.79 Å². The number of carbonyl (C=O) groups is 1. The lowest BCUT2D eigenvalue weighted by atomic mass is 10.1. The van der Waals surface area contributed by atoms with Crippen LogP contribution in [0.4, 0.5) is 5.69 Å². The van der Waals surface area contributed by atoms with Crippen LogP contribution in [0.25, 0.3) is 0 Å². The van der Waals surface area contributed by atoms with E-state index in [-0.39, 0.29) is 12.7 Å². The van der Waals surface area contributed by atoms with Crippen LogP contribution < -0.4 is 20.5 Å². The summed E-state index contributed by atoms with van der Waals surface area (Å²) in [5, 5.41) is 2.91. The number of anilines is 1. The number of amides is 1. The van der Waals surface area contributed by atoms with Crippen molar-refractivity contribution in [2.45, 2.75) is 13.3 Å². The Labute approximate surface area is 105 Å². The number of hydrogen-bond donors (Lipinski definition) is 2. The average Bonchev–Trinajstić information content (AvgIpc) is 2.86. The Morgan fingerprint density at radius 1 is 1.44 bits per heavy atom. The predicted octanol–water partition coefficient (Wildman–Crippen LogP) is 1.38. The van der Waals surface area contributed by atoms with Crippen molar-refractivity contribution in [1.82, 2.24) is 5.32 Å². The fourth-order valence-electron chi connectivity index (χ4n) is 2.16. The minimum absolute atomic E-state index is 0.148. The Kier molecular flexibility index (Phi) is 2.54. The molecule has 5 heteroatoms. The molecule has 0 bridgehead atoms. The molecule has 3 N–H and O–H groups in total. The summed E-state index contributed by atoms with van der Waals surface area (Å²) in [6.07, 6.45) is 1.19. The van der Waals surface area contributed by atoms with Gasteiger partial charge in [0.25, 0.3) is 5.91 Å². The van der Waals surface area contributed by atoms with Crippen molar-refractivity contribution in [2.75, 3.05) is 19.1 Å². The zero-order chi connectivity index (χ0) is 12.7. The quantitative estimate of drug-likeness (QED) is 0.793. The first-order valence-electron chi connectivity index (χ1n) is 6.12. The first-order valence-corrected chi connectivity index (χ1v) is 6.12. The van der Waals surface area contributed by atoms with Gasteiger partial charge in [-0.15, -0.1) is 0 Å². The minimum atomic E-state index is -0.148. The predicted molar refractivity (Wildman–Crippen MR) is 66.6 cm³/mol. The zero-order valence-corrected chi connectivity index (χ0v) is 10.2. The van der Waals surface area contributed by atoms with Gasteiger partial charge < -0.3 is 20.5 Å². The molecule has 1 aliphatic carbocycles. The third kappa shape index (κ3) is 1.96. The fraction of sp³-hybridized carbons (Fsp3) is 0.462. The maximum absolute atomic E-state index is 12.0. The van der Waals surface area contributed by atoms with E-state index in [0.717, 1.165) is 5.92 Å². The first-order chi connectivity index (χ1) is 8.65. The maximum atomic E-state index is 12.0. The summed E-state index contributed by atoms with van der Waals surface area (Å²) >= 11 is 0. The van der Waals surface area contributed by atoms with Gasteiger partial charge in [0.05, 0.1) is 5.56 Å². The second-order valence-corrected chi connectivity index (χ2v) is 4.98. The number of hydrogen-bond acceptors (Lipinski definition) is 4.